The zero-order valence-corrected chi connectivity index (χ0v) is 6.36. The van der Waals surface area contributed by atoms with Gasteiger partial charge in [0.2, 0.25) is 0 Å². The second-order valence-electron chi connectivity index (χ2n) is 1.57. The predicted molar refractivity (Wildman–Crippen MR) is 32.5 cm³/mol. The number of hydrogen-bond donors (Lipinski definition) is 0. The smallest absolute Gasteiger partial charge is 0.364 e. The van der Waals surface area contributed by atoms with Crippen molar-refractivity contribution >= 4 is 7.68 Å². The summed E-state index contributed by atoms with van der Waals surface area (Å²) in [6, 6.07) is 0. The molecule has 5 heteroatoms. The molecule has 0 aliphatic heterocycles. The van der Waals surface area contributed by atoms with Crippen LogP contribution >= 0.6 is 7.68 Å². The van der Waals surface area contributed by atoms with Crippen molar-refractivity contribution in [1.29, 1.82) is 0 Å². The van der Waals surface area contributed by atoms with E-state index in [0.717, 1.165) is 6.66 Å². The first-order valence-electron chi connectivity index (χ1n) is 2.47. The molecule has 0 saturated heterocycles. The topological polar surface area (TPSA) is 35.5 Å². The minimum Gasteiger partial charge on any atom is -0.382 e. The highest BCUT2D eigenvalue weighted by Crippen LogP contribution is 2.43. The van der Waals surface area contributed by atoms with Gasteiger partial charge in [-0.15, -0.1) is 0 Å². The van der Waals surface area contributed by atoms with Crippen LogP contribution in [0.5, 0.6) is 0 Å². The summed E-state index contributed by atoms with van der Waals surface area (Å²) in [4.78, 5) is 0. The summed E-state index contributed by atoms with van der Waals surface area (Å²) in [5.41, 5.74) is 0. The molecular formula is C4H10FO3P. The zero-order valence-electron chi connectivity index (χ0n) is 5.46. The fourth-order valence-electron chi connectivity index (χ4n) is 0.284. The molecule has 1 unspecified atom stereocenters. The van der Waals surface area contributed by atoms with E-state index in [0.29, 0.717) is 0 Å². The fraction of sp³-hybridized carbons (Fsp3) is 1.00. The Kier molecular flexibility index (Phi) is 4.02. The van der Waals surface area contributed by atoms with E-state index in [-0.39, 0.29) is 13.2 Å². The molecule has 0 saturated carbocycles. The number of halogens is 1. The largest absolute Gasteiger partial charge is 0.382 e. The lowest BCUT2D eigenvalue weighted by molar-refractivity contribution is 0.143. The van der Waals surface area contributed by atoms with Gasteiger partial charge in [0.1, 0.15) is 0 Å². The molecule has 0 aromatic rings. The van der Waals surface area contributed by atoms with E-state index in [9.17, 15) is 8.76 Å². The summed E-state index contributed by atoms with van der Waals surface area (Å²) < 4.78 is 30.9. The lowest BCUT2D eigenvalue weighted by Crippen LogP contribution is -1.97. The van der Waals surface area contributed by atoms with Crippen LogP contribution in [-0.4, -0.2) is 27.0 Å². The lowest BCUT2D eigenvalue weighted by atomic mass is 10.8. The second-order valence-corrected chi connectivity index (χ2v) is 3.32. The van der Waals surface area contributed by atoms with Gasteiger partial charge in [0.15, 0.2) is 0 Å². The van der Waals surface area contributed by atoms with Crippen LogP contribution in [0.2, 0.25) is 0 Å². The van der Waals surface area contributed by atoms with Gasteiger partial charge in [-0.1, -0.05) is 0 Å². The van der Waals surface area contributed by atoms with Crippen molar-refractivity contribution in [3.05, 3.63) is 0 Å². The van der Waals surface area contributed by atoms with Crippen molar-refractivity contribution in [2.75, 3.05) is 27.0 Å². The lowest BCUT2D eigenvalue weighted by Gasteiger charge is -2.02. The molecule has 0 aliphatic rings. The van der Waals surface area contributed by atoms with Crippen molar-refractivity contribution in [3.8, 4) is 0 Å². The van der Waals surface area contributed by atoms with Crippen molar-refractivity contribution < 1.29 is 18.0 Å². The van der Waals surface area contributed by atoms with Crippen LogP contribution in [0, 0.1) is 0 Å². The second kappa shape index (κ2) is 3.99. The Labute approximate surface area is 53.7 Å². The molecule has 0 heterocycles. The molecule has 0 aromatic heterocycles. The van der Waals surface area contributed by atoms with Crippen LogP contribution in [0.25, 0.3) is 0 Å². The Hall–Kier alpha value is 0.0800. The number of rotatable bonds is 4. The normalized spacial score (nSPS) is 17.2. The van der Waals surface area contributed by atoms with Gasteiger partial charge in [0.25, 0.3) is 0 Å². The fourth-order valence-corrected chi connectivity index (χ4v) is 0.684. The highest BCUT2D eigenvalue weighted by Gasteiger charge is 2.11. The first kappa shape index (κ1) is 9.08. The molecule has 0 radical (unpaired) electrons. The quantitative estimate of drug-likeness (QED) is 0.456. The molecule has 0 amide bonds. The molecule has 0 fully saturated rings. The van der Waals surface area contributed by atoms with Gasteiger partial charge in [-0.25, -0.2) is 0 Å². The standard InChI is InChI=1S/C4H10FO3P/c1-7-3-4-8-9(2,5)6/h3-4H2,1-2H3. The third-order valence-corrected chi connectivity index (χ3v) is 1.25. The number of methoxy groups -OCH3 is 1. The van der Waals surface area contributed by atoms with Crippen LogP contribution in [0.3, 0.4) is 0 Å². The summed E-state index contributed by atoms with van der Waals surface area (Å²) in [7, 11) is -2.31. The highest BCUT2D eigenvalue weighted by molar-refractivity contribution is 7.52. The van der Waals surface area contributed by atoms with E-state index in [1.807, 2.05) is 0 Å². The first-order valence-corrected chi connectivity index (χ1v) is 4.43. The summed E-state index contributed by atoms with van der Waals surface area (Å²) in [6.07, 6.45) is 0. The van der Waals surface area contributed by atoms with Crippen LogP contribution in [0.4, 0.5) is 4.20 Å². The molecule has 0 N–H and O–H groups in total. The third kappa shape index (κ3) is 8.08. The van der Waals surface area contributed by atoms with Gasteiger partial charge < -0.3 is 9.26 Å². The number of ether oxygens (including phenoxy) is 1. The Morgan fingerprint density at radius 3 is 2.44 bits per heavy atom. The molecule has 9 heavy (non-hydrogen) atoms. The summed E-state index contributed by atoms with van der Waals surface area (Å²) >= 11 is 0. The molecule has 56 valence electrons. The van der Waals surface area contributed by atoms with Crippen LogP contribution in [0.15, 0.2) is 0 Å². The van der Waals surface area contributed by atoms with Gasteiger partial charge in [0.05, 0.1) is 13.2 Å². The van der Waals surface area contributed by atoms with Crippen molar-refractivity contribution in [2.45, 2.75) is 0 Å². The Morgan fingerprint density at radius 1 is 1.56 bits per heavy atom. The van der Waals surface area contributed by atoms with Crippen molar-refractivity contribution in [1.82, 2.24) is 0 Å². The average Bonchev–Trinajstić information content (AvgIpc) is 1.63. The first-order chi connectivity index (χ1) is 4.06. The summed E-state index contributed by atoms with van der Waals surface area (Å²) in [6.45, 7) is 1.23. The average molecular weight is 156 g/mol. The molecule has 0 aliphatic carbocycles. The summed E-state index contributed by atoms with van der Waals surface area (Å²) in [5, 5.41) is 0. The van der Waals surface area contributed by atoms with Crippen LogP contribution < -0.4 is 0 Å². The maximum atomic E-state index is 12.0. The van der Waals surface area contributed by atoms with Gasteiger partial charge in [-0.2, -0.15) is 4.20 Å². The zero-order chi connectivity index (χ0) is 7.33. The summed E-state index contributed by atoms with van der Waals surface area (Å²) in [5.74, 6) is 0. The van der Waals surface area contributed by atoms with E-state index in [4.69, 9.17) is 0 Å². The Bertz CT molecular complexity index is 110. The third-order valence-electron chi connectivity index (χ3n) is 0.609. The molecule has 3 nitrogen and oxygen atoms in total. The van der Waals surface area contributed by atoms with Gasteiger partial charge in [-0.05, 0) is 0 Å². The molecule has 0 bridgehead atoms. The monoisotopic (exact) mass is 156 g/mol. The van der Waals surface area contributed by atoms with Gasteiger partial charge in [-0.3, -0.25) is 4.57 Å². The minimum atomic E-state index is -3.78. The SMILES string of the molecule is COCCOP(C)(=O)F. The maximum Gasteiger partial charge on any atom is 0.364 e. The molecule has 0 spiro atoms. The molecule has 0 aromatic carbocycles. The number of hydrogen-bond acceptors (Lipinski definition) is 3. The van der Waals surface area contributed by atoms with Crippen LogP contribution in [0.1, 0.15) is 0 Å². The van der Waals surface area contributed by atoms with Crippen molar-refractivity contribution in [2.24, 2.45) is 0 Å². The molecule has 0 rings (SSSR count). The highest BCUT2D eigenvalue weighted by atomic mass is 31.2. The van der Waals surface area contributed by atoms with E-state index < -0.39 is 7.68 Å². The minimum absolute atomic E-state index is 0.0424. The molecule has 1 atom stereocenters. The van der Waals surface area contributed by atoms with Gasteiger partial charge >= 0.3 is 7.68 Å². The van der Waals surface area contributed by atoms with E-state index in [1.165, 1.54) is 7.11 Å². The van der Waals surface area contributed by atoms with E-state index >= 15 is 0 Å². The Morgan fingerprint density at radius 2 is 2.11 bits per heavy atom. The van der Waals surface area contributed by atoms with Crippen molar-refractivity contribution in [3.63, 3.8) is 0 Å². The molecular weight excluding hydrogens is 146 g/mol. The predicted octanol–water partition coefficient (Wildman–Crippen LogP) is 1.44. The van der Waals surface area contributed by atoms with E-state index in [2.05, 4.69) is 9.26 Å². The Balaban J connectivity index is 3.18. The van der Waals surface area contributed by atoms with E-state index in [1.54, 1.807) is 0 Å². The maximum absolute atomic E-state index is 12.0. The van der Waals surface area contributed by atoms with Crippen LogP contribution in [-0.2, 0) is 13.8 Å². The van der Waals surface area contributed by atoms with Gasteiger partial charge in [0, 0.05) is 13.8 Å².